The van der Waals surface area contributed by atoms with E-state index in [9.17, 15) is 4.79 Å². The van der Waals surface area contributed by atoms with E-state index in [0.717, 1.165) is 17.7 Å². The van der Waals surface area contributed by atoms with Crippen LogP contribution < -0.4 is 24.8 Å². The summed E-state index contributed by atoms with van der Waals surface area (Å²) in [6, 6.07) is 12.8. The summed E-state index contributed by atoms with van der Waals surface area (Å²) in [5.41, 5.74) is 1.72. The van der Waals surface area contributed by atoms with Crippen LogP contribution in [0.4, 0.5) is 10.5 Å². The summed E-state index contributed by atoms with van der Waals surface area (Å²) in [4.78, 5) is 12.0. The summed E-state index contributed by atoms with van der Waals surface area (Å²) in [6.07, 6.45) is 0.904. The molecular weight excluding hydrogens is 320 g/mol. The monoisotopic (exact) mass is 344 g/mol. The maximum atomic E-state index is 12.0. The molecule has 0 bridgehead atoms. The second-order valence-corrected chi connectivity index (χ2v) is 5.26. The average Bonchev–Trinajstić information content (AvgIpc) is 2.65. The summed E-state index contributed by atoms with van der Waals surface area (Å²) < 4.78 is 16.1. The molecule has 0 aliphatic heterocycles. The van der Waals surface area contributed by atoms with Crippen molar-refractivity contribution in [1.82, 2.24) is 5.32 Å². The van der Waals surface area contributed by atoms with Gasteiger partial charge in [-0.25, -0.2) is 4.79 Å². The zero-order valence-electron chi connectivity index (χ0n) is 14.8. The largest absolute Gasteiger partial charge is 0.497 e. The first-order valence-electron chi connectivity index (χ1n) is 8.15. The van der Waals surface area contributed by atoms with Crippen LogP contribution in [0.25, 0.3) is 0 Å². The number of urea groups is 1. The number of para-hydroxylation sites is 1. The Morgan fingerprint density at radius 3 is 2.56 bits per heavy atom. The molecule has 0 radical (unpaired) electrons. The molecule has 134 valence electrons. The maximum Gasteiger partial charge on any atom is 0.319 e. The number of carbonyl (C=O) groups excluding carboxylic acids is 1. The van der Waals surface area contributed by atoms with Gasteiger partial charge in [-0.05, 0) is 30.2 Å². The second-order valence-electron chi connectivity index (χ2n) is 5.26. The average molecular weight is 344 g/mol. The zero-order valence-corrected chi connectivity index (χ0v) is 14.8. The van der Waals surface area contributed by atoms with Crippen molar-refractivity contribution in [1.29, 1.82) is 0 Å². The van der Waals surface area contributed by atoms with Crippen LogP contribution in [0.15, 0.2) is 42.5 Å². The number of anilines is 1. The van der Waals surface area contributed by atoms with Gasteiger partial charge < -0.3 is 24.8 Å². The molecule has 0 saturated carbocycles. The predicted octanol–water partition coefficient (Wildman–Crippen LogP) is 3.47. The number of hydrogen-bond donors (Lipinski definition) is 2. The van der Waals surface area contributed by atoms with E-state index in [1.54, 1.807) is 25.3 Å². The number of aryl methyl sites for hydroxylation is 1. The summed E-state index contributed by atoms with van der Waals surface area (Å²) in [7, 11) is 3.11. The standard InChI is InChI=1S/C19H24N2O4/c1-4-14-7-5-6-8-17(14)25-12-11-20-19(22)21-16-10-9-15(23-2)13-18(16)24-3/h5-10,13H,4,11-12H2,1-3H3,(H2,20,21,22). The van der Waals surface area contributed by atoms with E-state index in [4.69, 9.17) is 14.2 Å². The second kappa shape index (κ2) is 9.42. The van der Waals surface area contributed by atoms with Crippen molar-refractivity contribution >= 4 is 11.7 Å². The fourth-order valence-corrected chi connectivity index (χ4v) is 2.33. The lowest BCUT2D eigenvalue weighted by molar-refractivity contribution is 0.247. The number of benzene rings is 2. The number of rotatable bonds is 8. The zero-order chi connectivity index (χ0) is 18.1. The van der Waals surface area contributed by atoms with E-state index < -0.39 is 0 Å². The molecule has 0 unspecified atom stereocenters. The van der Waals surface area contributed by atoms with E-state index in [0.29, 0.717) is 30.3 Å². The van der Waals surface area contributed by atoms with Crippen LogP contribution in [0, 0.1) is 0 Å². The van der Waals surface area contributed by atoms with Crippen LogP contribution in [-0.2, 0) is 6.42 Å². The number of ether oxygens (including phenoxy) is 3. The lowest BCUT2D eigenvalue weighted by atomic mass is 10.1. The predicted molar refractivity (Wildman–Crippen MR) is 97.9 cm³/mol. The number of methoxy groups -OCH3 is 2. The quantitative estimate of drug-likeness (QED) is 0.720. The van der Waals surface area contributed by atoms with Gasteiger partial charge >= 0.3 is 6.03 Å². The molecule has 2 amide bonds. The van der Waals surface area contributed by atoms with Crippen LogP contribution in [0.2, 0.25) is 0 Å². The normalized spacial score (nSPS) is 10.0. The topological polar surface area (TPSA) is 68.8 Å². The molecule has 0 spiro atoms. The molecule has 0 aromatic heterocycles. The Balaban J connectivity index is 1.81. The van der Waals surface area contributed by atoms with Gasteiger partial charge in [0.15, 0.2) is 0 Å². The molecule has 2 rings (SSSR count). The van der Waals surface area contributed by atoms with E-state index in [2.05, 4.69) is 17.6 Å². The summed E-state index contributed by atoms with van der Waals surface area (Å²) >= 11 is 0. The van der Waals surface area contributed by atoms with Gasteiger partial charge in [-0.1, -0.05) is 25.1 Å². The van der Waals surface area contributed by atoms with E-state index in [1.165, 1.54) is 7.11 Å². The van der Waals surface area contributed by atoms with E-state index in [1.807, 2.05) is 24.3 Å². The van der Waals surface area contributed by atoms with Gasteiger partial charge in [0.2, 0.25) is 0 Å². The van der Waals surface area contributed by atoms with Crippen molar-refractivity contribution in [2.75, 3.05) is 32.7 Å². The highest BCUT2D eigenvalue weighted by molar-refractivity contribution is 5.91. The van der Waals surface area contributed by atoms with E-state index in [-0.39, 0.29) is 6.03 Å². The van der Waals surface area contributed by atoms with Gasteiger partial charge in [0.1, 0.15) is 23.9 Å². The first kappa shape index (κ1) is 18.4. The molecule has 0 heterocycles. The Kier molecular flexibility index (Phi) is 6.95. The Hall–Kier alpha value is -2.89. The smallest absolute Gasteiger partial charge is 0.319 e. The molecule has 0 fully saturated rings. The molecule has 2 aromatic rings. The van der Waals surface area contributed by atoms with Crippen molar-refractivity contribution in [3.05, 3.63) is 48.0 Å². The summed E-state index contributed by atoms with van der Waals surface area (Å²) in [5, 5.41) is 5.50. The Bertz CT molecular complexity index is 704. The molecule has 0 aliphatic carbocycles. The summed E-state index contributed by atoms with van der Waals surface area (Å²) in [6.45, 7) is 2.86. The van der Waals surface area contributed by atoms with Crippen molar-refractivity contribution in [2.24, 2.45) is 0 Å². The fraction of sp³-hybridized carbons (Fsp3) is 0.316. The van der Waals surface area contributed by atoms with Crippen LogP contribution in [-0.4, -0.2) is 33.4 Å². The van der Waals surface area contributed by atoms with Gasteiger partial charge in [-0.15, -0.1) is 0 Å². The van der Waals surface area contributed by atoms with Crippen LogP contribution in [0.1, 0.15) is 12.5 Å². The molecule has 0 saturated heterocycles. The highest BCUT2D eigenvalue weighted by Gasteiger charge is 2.08. The first-order valence-corrected chi connectivity index (χ1v) is 8.15. The van der Waals surface area contributed by atoms with Crippen LogP contribution >= 0.6 is 0 Å². The maximum absolute atomic E-state index is 12.0. The fourth-order valence-electron chi connectivity index (χ4n) is 2.33. The highest BCUT2D eigenvalue weighted by Crippen LogP contribution is 2.28. The lowest BCUT2D eigenvalue weighted by Gasteiger charge is -2.13. The van der Waals surface area contributed by atoms with Crippen molar-refractivity contribution < 1.29 is 19.0 Å². The minimum Gasteiger partial charge on any atom is -0.497 e. The summed E-state index contributed by atoms with van der Waals surface area (Å²) in [5.74, 6) is 2.04. The SMILES string of the molecule is CCc1ccccc1OCCNC(=O)Nc1ccc(OC)cc1OC. The number of nitrogens with one attached hydrogen (secondary N) is 2. The number of carbonyl (C=O) groups is 1. The van der Waals surface area contributed by atoms with Gasteiger partial charge in [0.25, 0.3) is 0 Å². The minimum atomic E-state index is -0.323. The molecular formula is C19H24N2O4. The van der Waals surface area contributed by atoms with Gasteiger partial charge in [-0.3, -0.25) is 0 Å². The highest BCUT2D eigenvalue weighted by atomic mass is 16.5. The van der Waals surface area contributed by atoms with Crippen molar-refractivity contribution in [3.8, 4) is 17.2 Å². The minimum absolute atomic E-state index is 0.323. The number of hydrogen-bond acceptors (Lipinski definition) is 4. The molecule has 6 nitrogen and oxygen atoms in total. The van der Waals surface area contributed by atoms with Crippen molar-refractivity contribution in [2.45, 2.75) is 13.3 Å². The molecule has 2 N–H and O–H groups in total. The number of amides is 2. The molecule has 0 atom stereocenters. The van der Waals surface area contributed by atoms with Gasteiger partial charge in [0, 0.05) is 6.07 Å². The molecule has 25 heavy (non-hydrogen) atoms. The van der Waals surface area contributed by atoms with Crippen molar-refractivity contribution in [3.63, 3.8) is 0 Å². The molecule has 0 aliphatic rings. The third-order valence-corrected chi connectivity index (χ3v) is 3.66. The Morgan fingerprint density at radius 1 is 1.04 bits per heavy atom. The Labute approximate surface area is 148 Å². The first-order chi connectivity index (χ1) is 12.2. The third-order valence-electron chi connectivity index (χ3n) is 3.66. The lowest BCUT2D eigenvalue weighted by Crippen LogP contribution is -2.32. The molecule has 6 heteroatoms. The van der Waals surface area contributed by atoms with Crippen LogP contribution in [0.3, 0.4) is 0 Å². The Morgan fingerprint density at radius 2 is 1.84 bits per heavy atom. The van der Waals surface area contributed by atoms with E-state index >= 15 is 0 Å². The van der Waals surface area contributed by atoms with Crippen LogP contribution in [0.5, 0.6) is 17.2 Å². The van der Waals surface area contributed by atoms with Gasteiger partial charge in [-0.2, -0.15) is 0 Å². The van der Waals surface area contributed by atoms with Gasteiger partial charge in [0.05, 0.1) is 26.5 Å². The third kappa shape index (κ3) is 5.31. The molecule has 2 aromatic carbocycles.